The number of thioether (sulfide) groups is 1. The number of aliphatic hydroxyl groups excluding tert-OH is 1. The predicted octanol–water partition coefficient (Wildman–Crippen LogP) is 5.24. The van der Waals surface area contributed by atoms with E-state index in [2.05, 4.69) is 4.99 Å². The van der Waals surface area contributed by atoms with Crippen LogP contribution in [-0.2, 0) is 9.53 Å². The third kappa shape index (κ3) is 4.35. The van der Waals surface area contributed by atoms with Gasteiger partial charge in [0.2, 0.25) is 0 Å². The van der Waals surface area contributed by atoms with Gasteiger partial charge in [0.05, 0.1) is 22.2 Å². The average Bonchev–Trinajstić information content (AvgIpc) is 2.94. The van der Waals surface area contributed by atoms with Crippen molar-refractivity contribution < 1.29 is 19.7 Å². The van der Waals surface area contributed by atoms with Crippen molar-refractivity contribution in [3.8, 4) is 5.75 Å². The fourth-order valence-corrected chi connectivity index (χ4v) is 3.60. The molecule has 0 bridgehead atoms. The van der Waals surface area contributed by atoms with Crippen molar-refractivity contribution in [1.29, 1.82) is 0 Å². The molecule has 1 aliphatic rings. The summed E-state index contributed by atoms with van der Waals surface area (Å²) in [6, 6.07) is 13.8. The van der Waals surface area contributed by atoms with Gasteiger partial charge in [-0.05, 0) is 42.8 Å². The maximum absolute atomic E-state index is 12.3. The first-order valence-electron chi connectivity index (χ1n) is 8.12. The van der Waals surface area contributed by atoms with Crippen LogP contribution in [0.25, 0.3) is 6.08 Å². The lowest BCUT2D eigenvalue weighted by molar-refractivity contribution is -0.138. The van der Waals surface area contributed by atoms with Crippen LogP contribution >= 0.6 is 23.4 Å². The van der Waals surface area contributed by atoms with E-state index in [0.717, 1.165) is 11.8 Å². The number of rotatable bonds is 4. The molecule has 7 heteroatoms. The molecule has 0 saturated heterocycles. The lowest BCUT2D eigenvalue weighted by atomic mass is 10.1. The first-order valence-corrected chi connectivity index (χ1v) is 9.32. The molecule has 1 heterocycles. The molecule has 138 valence electrons. The van der Waals surface area contributed by atoms with E-state index in [4.69, 9.17) is 16.3 Å². The highest BCUT2D eigenvalue weighted by Crippen LogP contribution is 2.40. The maximum atomic E-state index is 12.3. The zero-order valence-corrected chi connectivity index (χ0v) is 15.9. The number of nitrogens with zero attached hydrogens (tertiary/aromatic N) is 1. The van der Waals surface area contributed by atoms with Crippen molar-refractivity contribution in [3.63, 3.8) is 0 Å². The number of aliphatic hydroxyl groups is 1. The molecule has 2 N–H and O–H groups in total. The summed E-state index contributed by atoms with van der Waals surface area (Å²) in [5.74, 6) is -0.863. The van der Waals surface area contributed by atoms with Gasteiger partial charge in [0, 0.05) is 0 Å². The van der Waals surface area contributed by atoms with Crippen molar-refractivity contribution in [3.05, 3.63) is 75.4 Å². The number of carbonyl (C=O) groups excluding carboxylic acids is 1. The van der Waals surface area contributed by atoms with E-state index < -0.39 is 5.97 Å². The molecule has 0 fully saturated rings. The minimum Gasteiger partial charge on any atom is -0.506 e. The Hall–Kier alpha value is -2.70. The summed E-state index contributed by atoms with van der Waals surface area (Å²) in [5, 5.41) is 20.7. The third-order valence-corrected chi connectivity index (χ3v) is 4.95. The van der Waals surface area contributed by atoms with E-state index in [1.54, 1.807) is 37.3 Å². The largest absolute Gasteiger partial charge is 0.506 e. The van der Waals surface area contributed by atoms with Gasteiger partial charge in [-0.2, -0.15) is 0 Å². The molecule has 0 aromatic heterocycles. The van der Waals surface area contributed by atoms with E-state index in [0.29, 0.717) is 21.2 Å². The number of phenolic OH excluding ortho intramolecular Hbond substituents is 1. The molecule has 0 atom stereocenters. The van der Waals surface area contributed by atoms with Crippen LogP contribution in [-0.4, -0.2) is 27.8 Å². The molecular formula is C20H16ClNO4S. The number of aromatic hydroxyl groups is 1. The SMILES string of the molecule is CCOC(=O)C1=C(O)/C(=C/c2ccc(O)c(Cl)c2)SC1=Nc1ccccc1. The van der Waals surface area contributed by atoms with Crippen molar-refractivity contribution in [1.82, 2.24) is 0 Å². The molecule has 0 spiro atoms. The highest BCUT2D eigenvalue weighted by atomic mass is 35.5. The molecule has 3 rings (SSSR count). The minimum atomic E-state index is -0.635. The number of para-hydroxylation sites is 1. The van der Waals surface area contributed by atoms with Gasteiger partial charge in [-0.25, -0.2) is 9.79 Å². The molecule has 0 aliphatic carbocycles. The van der Waals surface area contributed by atoms with E-state index in [-0.39, 0.29) is 28.7 Å². The van der Waals surface area contributed by atoms with Crippen LogP contribution in [0, 0.1) is 0 Å². The first-order chi connectivity index (χ1) is 13.0. The van der Waals surface area contributed by atoms with Crippen LogP contribution in [0.4, 0.5) is 5.69 Å². The van der Waals surface area contributed by atoms with Gasteiger partial charge >= 0.3 is 5.97 Å². The van der Waals surface area contributed by atoms with Gasteiger partial charge in [0.15, 0.2) is 0 Å². The minimum absolute atomic E-state index is 0.0295. The number of aliphatic imine (C=N–C) groups is 1. The van der Waals surface area contributed by atoms with Gasteiger partial charge < -0.3 is 14.9 Å². The van der Waals surface area contributed by atoms with Crippen LogP contribution in [0.15, 0.2) is 69.8 Å². The quantitative estimate of drug-likeness (QED) is 0.685. The Kier molecular flexibility index (Phi) is 5.88. The summed E-state index contributed by atoms with van der Waals surface area (Å²) in [6.07, 6.45) is 1.66. The number of halogens is 1. The normalized spacial score (nSPS) is 17.0. The fourth-order valence-electron chi connectivity index (χ4n) is 2.38. The summed E-state index contributed by atoms with van der Waals surface area (Å²) >= 11 is 7.10. The second kappa shape index (κ2) is 8.33. The van der Waals surface area contributed by atoms with Gasteiger partial charge in [-0.15, -0.1) is 0 Å². The number of hydrogen-bond acceptors (Lipinski definition) is 6. The summed E-state index contributed by atoms with van der Waals surface area (Å²) in [7, 11) is 0. The number of esters is 1. The third-order valence-electron chi connectivity index (χ3n) is 3.63. The topological polar surface area (TPSA) is 79.1 Å². The molecule has 2 aromatic rings. The molecule has 27 heavy (non-hydrogen) atoms. The maximum Gasteiger partial charge on any atom is 0.344 e. The van der Waals surface area contributed by atoms with Crippen molar-refractivity contribution >= 4 is 46.1 Å². The summed E-state index contributed by atoms with van der Waals surface area (Å²) in [6.45, 7) is 1.88. The Morgan fingerprint density at radius 1 is 1.22 bits per heavy atom. The molecule has 0 amide bonds. The van der Waals surface area contributed by atoms with Crippen LogP contribution in [0.1, 0.15) is 12.5 Å². The summed E-state index contributed by atoms with van der Waals surface area (Å²) < 4.78 is 5.07. The number of phenols is 1. The van der Waals surface area contributed by atoms with Gasteiger partial charge in [-0.1, -0.05) is 47.6 Å². The summed E-state index contributed by atoms with van der Waals surface area (Å²) in [4.78, 5) is 17.2. The second-order valence-corrected chi connectivity index (χ2v) is 6.96. The molecule has 1 aliphatic heterocycles. The second-order valence-electron chi connectivity index (χ2n) is 5.52. The predicted molar refractivity (Wildman–Crippen MR) is 109 cm³/mol. The van der Waals surface area contributed by atoms with E-state index in [1.165, 1.54) is 6.07 Å². The van der Waals surface area contributed by atoms with E-state index >= 15 is 0 Å². The van der Waals surface area contributed by atoms with Crippen molar-refractivity contribution in [2.75, 3.05) is 6.61 Å². The Bertz CT molecular complexity index is 967. The standard InChI is InChI=1S/C20H16ClNO4S/c1-2-26-20(25)17-18(24)16(11-12-8-9-15(23)14(21)10-12)27-19(17)22-13-6-4-3-5-7-13/h3-11,23-24H,2H2,1H3/b16-11-,22-19?. The molecular weight excluding hydrogens is 386 g/mol. The van der Waals surface area contributed by atoms with Gasteiger partial charge in [-0.3, -0.25) is 0 Å². The lowest BCUT2D eigenvalue weighted by Gasteiger charge is -2.03. The zero-order valence-electron chi connectivity index (χ0n) is 14.3. The molecule has 2 aromatic carbocycles. The molecule has 0 unspecified atom stereocenters. The smallest absolute Gasteiger partial charge is 0.344 e. The fraction of sp³-hybridized carbons (Fsp3) is 0.100. The van der Waals surface area contributed by atoms with Crippen LogP contribution in [0.3, 0.4) is 0 Å². The number of ether oxygens (including phenoxy) is 1. The van der Waals surface area contributed by atoms with E-state index in [9.17, 15) is 15.0 Å². The molecule has 0 saturated carbocycles. The van der Waals surface area contributed by atoms with Crippen LogP contribution in [0.2, 0.25) is 5.02 Å². The van der Waals surface area contributed by atoms with Crippen molar-refractivity contribution in [2.24, 2.45) is 4.99 Å². The zero-order chi connectivity index (χ0) is 19.4. The Morgan fingerprint density at radius 3 is 2.63 bits per heavy atom. The Labute approximate surface area is 165 Å². The highest BCUT2D eigenvalue weighted by Gasteiger charge is 2.33. The molecule has 0 radical (unpaired) electrons. The van der Waals surface area contributed by atoms with Crippen LogP contribution in [0.5, 0.6) is 5.75 Å². The Balaban J connectivity index is 2.04. The molecule has 5 nitrogen and oxygen atoms in total. The average molecular weight is 402 g/mol. The lowest BCUT2D eigenvalue weighted by Crippen LogP contribution is -2.12. The van der Waals surface area contributed by atoms with Gasteiger partial charge in [0.25, 0.3) is 0 Å². The Morgan fingerprint density at radius 2 is 1.96 bits per heavy atom. The van der Waals surface area contributed by atoms with Crippen molar-refractivity contribution in [2.45, 2.75) is 6.92 Å². The number of benzene rings is 2. The van der Waals surface area contributed by atoms with Crippen LogP contribution < -0.4 is 0 Å². The monoisotopic (exact) mass is 401 g/mol. The first kappa shape index (κ1) is 19.1. The number of carbonyl (C=O) groups is 1. The van der Waals surface area contributed by atoms with Gasteiger partial charge in [0.1, 0.15) is 22.1 Å². The highest BCUT2D eigenvalue weighted by molar-refractivity contribution is 8.18. The number of hydrogen-bond donors (Lipinski definition) is 2. The van der Waals surface area contributed by atoms with E-state index in [1.807, 2.05) is 18.2 Å². The summed E-state index contributed by atoms with van der Waals surface area (Å²) in [5.41, 5.74) is 1.35.